The molecular weight excluding hydrogens is 224 g/mol. The molecule has 2 atom stereocenters. The molecule has 0 bridgehead atoms. The molecule has 18 heavy (non-hydrogen) atoms. The molecule has 0 unspecified atom stereocenters. The van der Waals surface area contributed by atoms with E-state index in [2.05, 4.69) is 55.3 Å². The van der Waals surface area contributed by atoms with Crippen LogP contribution in [0.4, 0.5) is 5.69 Å². The van der Waals surface area contributed by atoms with E-state index in [-0.39, 0.29) is 0 Å². The van der Waals surface area contributed by atoms with E-state index >= 15 is 0 Å². The summed E-state index contributed by atoms with van der Waals surface area (Å²) in [6, 6.07) is 8.56. The van der Waals surface area contributed by atoms with Crippen LogP contribution < -0.4 is 5.32 Å². The van der Waals surface area contributed by atoms with Crippen LogP contribution in [-0.4, -0.2) is 43.3 Å². The fourth-order valence-electron chi connectivity index (χ4n) is 2.50. The van der Waals surface area contributed by atoms with Crippen molar-refractivity contribution in [3.05, 3.63) is 29.8 Å². The van der Waals surface area contributed by atoms with Crippen LogP contribution in [0.5, 0.6) is 0 Å². The van der Waals surface area contributed by atoms with Crippen LogP contribution in [0.2, 0.25) is 0 Å². The van der Waals surface area contributed by atoms with E-state index < -0.39 is 0 Å². The van der Waals surface area contributed by atoms with Crippen molar-refractivity contribution >= 4 is 5.69 Å². The van der Waals surface area contributed by atoms with Gasteiger partial charge in [-0.25, -0.2) is 0 Å². The van der Waals surface area contributed by atoms with Crippen LogP contribution in [0, 0.1) is 6.92 Å². The lowest BCUT2D eigenvalue weighted by Gasteiger charge is -2.35. The van der Waals surface area contributed by atoms with E-state index in [9.17, 15) is 0 Å². The number of anilines is 1. The third kappa shape index (κ3) is 4.00. The lowest BCUT2D eigenvalue weighted by molar-refractivity contribution is -0.0667. The summed E-state index contributed by atoms with van der Waals surface area (Å²) in [7, 11) is 0. The van der Waals surface area contributed by atoms with Gasteiger partial charge in [-0.05, 0) is 32.9 Å². The van der Waals surface area contributed by atoms with Crippen LogP contribution in [-0.2, 0) is 4.74 Å². The smallest absolute Gasteiger partial charge is 0.0678 e. The molecule has 0 radical (unpaired) electrons. The second-order valence-electron chi connectivity index (χ2n) is 5.31. The second-order valence-corrected chi connectivity index (χ2v) is 5.31. The number of nitrogens with zero attached hydrogens (tertiary/aromatic N) is 1. The summed E-state index contributed by atoms with van der Waals surface area (Å²) in [5.41, 5.74) is 2.51. The maximum atomic E-state index is 5.73. The summed E-state index contributed by atoms with van der Waals surface area (Å²) in [5.74, 6) is 0. The molecule has 3 nitrogen and oxygen atoms in total. The molecule has 1 fully saturated rings. The van der Waals surface area contributed by atoms with Gasteiger partial charge in [0.1, 0.15) is 0 Å². The van der Waals surface area contributed by atoms with Crippen molar-refractivity contribution in [2.75, 3.05) is 31.5 Å². The van der Waals surface area contributed by atoms with E-state index in [1.165, 1.54) is 11.3 Å². The number of aryl methyl sites for hydroxylation is 1. The highest BCUT2D eigenvalue weighted by atomic mass is 16.5. The van der Waals surface area contributed by atoms with Gasteiger partial charge in [0.15, 0.2) is 0 Å². The monoisotopic (exact) mass is 248 g/mol. The lowest BCUT2D eigenvalue weighted by Crippen LogP contribution is -2.46. The van der Waals surface area contributed by atoms with Gasteiger partial charge in [-0.1, -0.05) is 17.7 Å². The highest BCUT2D eigenvalue weighted by molar-refractivity contribution is 5.44. The zero-order valence-electron chi connectivity index (χ0n) is 11.6. The first-order chi connectivity index (χ1) is 8.63. The number of hydrogen-bond donors (Lipinski definition) is 1. The van der Waals surface area contributed by atoms with Crippen molar-refractivity contribution in [1.29, 1.82) is 0 Å². The van der Waals surface area contributed by atoms with Gasteiger partial charge in [-0.3, -0.25) is 4.90 Å². The Hall–Kier alpha value is -1.06. The van der Waals surface area contributed by atoms with Crippen molar-refractivity contribution in [2.24, 2.45) is 0 Å². The summed E-state index contributed by atoms with van der Waals surface area (Å²) in [4.78, 5) is 2.47. The van der Waals surface area contributed by atoms with Gasteiger partial charge in [-0.15, -0.1) is 0 Å². The Labute approximate surface area is 110 Å². The number of benzene rings is 1. The molecule has 1 aliphatic heterocycles. The lowest BCUT2D eigenvalue weighted by atomic mass is 10.2. The average Bonchev–Trinajstić information content (AvgIpc) is 2.30. The molecule has 3 heteroatoms. The van der Waals surface area contributed by atoms with Gasteiger partial charge >= 0.3 is 0 Å². The Bertz CT molecular complexity index is 353. The molecule has 0 aliphatic carbocycles. The first kappa shape index (κ1) is 13.4. The Balaban J connectivity index is 1.73. The molecule has 2 rings (SSSR count). The minimum absolute atomic E-state index is 0.355. The Morgan fingerprint density at radius 3 is 2.39 bits per heavy atom. The second kappa shape index (κ2) is 6.21. The van der Waals surface area contributed by atoms with Gasteiger partial charge in [-0.2, -0.15) is 0 Å². The number of rotatable bonds is 4. The molecular formula is C15H24N2O. The van der Waals surface area contributed by atoms with Crippen molar-refractivity contribution in [1.82, 2.24) is 4.90 Å². The van der Waals surface area contributed by atoms with Gasteiger partial charge in [0, 0.05) is 31.9 Å². The number of morpholine rings is 1. The summed E-state index contributed by atoms with van der Waals surface area (Å²) in [5, 5.41) is 3.47. The largest absolute Gasteiger partial charge is 0.384 e. The highest BCUT2D eigenvalue weighted by Crippen LogP contribution is 2.11. The fraction of sp³-hybridized carbons (Fsp3) is 0.600. The molecule has 1 aromatic rings. The zero-order valence-corrected chi connectivity index (χ0v) is 11.6. The Kier molecular flexibility index (Phi) is 4.61. The van der Waals surface area contributed by atoms with Crippen molar-refractivity contribution in [3.8, 4) is 0 Å². The van der Waals surface area contributed by atoms with Crippen LogP contribution >= 0.6 is 0 Å². The van der Waals surface area contributed by atoms with Crippen molar-refractivity contribution < 1.29 is 4.74 Å². The molecule has 1 heterocycles. The standard InChI is InChI=1S/C15H24N2O/c1-12-4-6-15(7-5-12)16-8-9-17-10-13(2)18-14(3)11-17/h4-7,13-14,16H,8-11H2,1-3H3/t13-,14+. The van der Waals surface area contributed by atoms with Crippen LogP contribution in [0.15, 0.2) is 24.3 Å². The van der Waals surface area contributed by atoms with E-state index in [1.807, 2.05) is 0 Å². The summed E-state index contributed by atoms with van der Waals surface area (Å²) in [6.07, 6.45) is 0.709. The SMILES string of the molecule is Cc1ccc(NCCN2C[C@@H](C)O[C@@H](C)C2)cc1. The van der Waals surface area contributed by atoms with Gasteiger partial charge in [0.05, 0.1) is 12.2 Å². The van der Waals surface area contributed by atoms with E-state index in [4.69, 9.17) is 4.74 Å². The topological polar surface area (TPSA) is 24.5 Å². The van der Waals surface area contributed by atoms with Crippen LogP contribution in [0.25, 0.3) is 0 Å². The Morgan fingerprint density at radius 1 is 1.17 bits per heavy atom. The van der Waals surface area contributed by atoms with E-state index in [0.29, 0.717) is 12.2 Å². The summed E-state index contributed by atoms with van der Waals surface area (Å²) >= 11 is 0. The van der Waals surface area contributed by atoms with Crippen LogP contribution in [0.1, 0.15) is 19.4 Å². The third-order valence-corrected chi connectivity index (χ3v) is 3.30. The van der Waals surface area contributed by atoms with Gasteiger partial charge in [0.25, 0.3) is 0 Å². The minimum atomic E-state index is 0.355. The first-order valence-corrected chi connectivity index (χ1v) is 6.82. The quantitative estimate of drug-likeness (QED) is 0.886. The zero-order chi connectivity index (χ0) is 13.0. The molecule has 100 valence electrons. The minimum Gasteiger partial charge on any atom is -0.384 e. The fourth-order valence-corrected chi connectivity index (χ4v) is 2.50. The predicted molar refractivity (Wildman–Crippen MR) is 76.1 cm³/mol. The summed E-state index contributed by atoms with van der Waals surface area (Å²) < 4.78 is 5.73. The third-order valence-electron chi connectivity index (χ3n) is 3.30. The maximum absolute atomic E-state index is 5.73. The van der Waals surface area contributed by atoms with Crippen molar-refractivity contribution in [3.63, 3.8) is 0 Å². The molecule has 1 N–H and O–H groups in total. The maximum Gasteiger partial charge on any atom is 0.0678 e. The molecule has 0 saturated carbocycles. The average molecular weight is 248 g/mol. The number of ether oxygens (including phenoxy) is 1. The Morgan fingerprint density at radius 2 is 1.78 bits per heavy atom. The van der Waals surface area contributed by atoms with E-state index in [1.54, 1.807) is 0 Å². The molecule has 1 aromatic carbocycles. The number of hydrogen-bond acceptors (Lipinski definition) is 3. The normalized spacial score (nSPS) is 25.1. The molecule has 1 saturated heterocycles. The van der Waals surface area contributed by atoms with E-state index in [0.717, 1.165) is 26.2 Å². The first-order valence-electron chi connectivity index (χ1n) is 6.82. The van der Waals surface area contributed by atoms with Gasteiger partial charge < -0.3 is 10.1 Å². The highest BCUT2D eigenvalue weighted by Gasteiger charge is 2.21. The molecule has 0 spiro atoms. The van der Waals surface area contributed by atoms with Crippen LogP contribution in [0.3, 0.4) is 0 Å². The predicted octanol–water partition coefficient (Wildman–Crippen LogP) is 2.52. The molecule has 0 aromatic heterocycles. The van der Waals surface area contributed by atoms with Crippen molar-refractivity contribution in [2.45, 2.75) is 33.0 Å². The molecule has 0 amide bonds. The van der Waals surface area contributed by atoms with Gasteiger partial charge in [0.2, 0.25) is 0 Å². The summed E-state index contributed by atoms with van der Waals surface area (Å²) in [6.45, 7) is 10.6. The number of nitrogens with one attached hydrogen (secondary N) is 1. The molecule has 1 aliphatic rings.